The smallest absolute Gasteiger partial charge is 0.234 e. The predicted molar refractivity (Wildman–Crippen MR) is 125 cm³/mol. The number of amides is 2. The van der Waals surface area contributed by atoms with Gasteiger partial charge in [-0.05, 0) is 50.0 Å². The lowest BCUT2D eigenvalue weighted by molar-refractivity contribution is -0.123. The number of rotatable bonds is 11. The van der Waals surface area contributed by atoms with Crippen LogP contribution in [0.25, 0.3) is 0 Å². The van der Waals surface area contributed by atoms with Crippen LogP contribution in [0.4, 0.5) is 5.69 Å². The van der Waals surface area contributed by atoms with Crippen molar-refractivity contribution in [1.29, 1.82) is 0 Å². The summed E-state index contributed by atoms with van der Waals surface area (Å²) in [5.41, 5.74) is 1.84. The molecule has 0 aromatic heterocycles. The maximum atomic E-state index is 12.6. The molecule has 2 aromatic rings. The van der Waals surface area contributed by atoms with E-state index in [-0.39, 0.29) is 17.7 Å². The van der Waals surface area contributed by atoms with E-state index in [2.05, 4.69) is 15.5 Å². The number of ether oxygens (including phenoxy) is 2. The van der Waals surface area contributed by atoms with Gasteiger partial charge < -0.3 is 20.1 Å². The lowest BCUT2D eigenvalue weighted by Gasteiger charge is -2.30. The first-order valence-corrected chi connectivity index (χ1v) is 11.2. The summed E-state index contributed by atoms with van der Waals surface area (Å²) in [4.78, 5) is 26.9. The Hall–Kier alpha value is -2.90. The van der Waals surface area contributed by atoms with Gasteiger partial charge in [-0.3, -0.25) is 14.5 Å². The fraction of sp³-hybridized carbons (Fsp3) is 0.440. The highest BCUT2D eigenvalue weighted by Crippen LogP contribution is 2.25. The molecule has 0 atom stereocenters. The third kappa shape index (κ3) is 7.66. The Morgan fingerprint density at radius 1 is 1.03 bits per heavy atom. The monoisotopic (exact) mass is 439 g/mol. The third-order valence-electron chi connectivity index (χ3n) is 5.59. The summed E-state index contributed by atoms with van der Waals surface area (Å²) in [5.74, 6) is 0.625. The summed E-state index contributed by atoms with van der Waals surface area (Å²) in [6, 6.07) is 17.4. The second kappa shape index (κ2) is 12.8. The molecule has 1 aliphatic rings. The number of nitrogens with one attached hydrogen (secondary N) is 2. The van der Waals surface area contributed by atoms with Gasteiger partial charge in [0.2, 0.25) is 11.8 Å². The number of para-hydroxylation sites is 2. The van der Waals surface area contributed by atoms with Crippen molar-refractivity contribution in [3.63, 3.8) is 0 Å². The number of hydrogen-bond donors (Lipinski definition) is 2. The molecule has 0 aliphatic carbocycles. The van der Waals surface area contributed by atoms with Gasteiger partial charge in [-0.1, -0.05) is 42.5 Å². The van der Waals surface area contributed by atoms with Gasteiger partial charge in [0.15, 0.2) is 0 Å². The minimum absolute atomic E-state index is 0.00843. The minimum atomic E-state index is -0.0546. The van der Waals surface area contributed by atoms with E-state index in [0.29, 0.717) is 37.7 Å². The van der Waals surface area contributed by atoms with E-state index in [0.717, 1.165) is 37.9 Å². The van der Waals surface area contributed by atoms with E-state index < -0.39 is 0 Å². The number of nitrogens with zero attached hydrogens (tertiary/aromatic N) is 1. The molecular weight excluding hydrogens is 406 g/mol. The van der Waals surface area contributed by atoms with Crippen LogP contribution in [0.15, 0.2) is 54.6 Å². The largest absolute Gasteiger partial charge is 0.495 e. The Morgan fingerprint density at radius 2 is 1.75 bits per heavy atom. The molecule has 0 saturated carbocycles. The summed E-state index contributed by atoms with van der Waals surface area (Å²) in [7, 11) is 1.59. The first-order chi connectivity index (χ1) is 15.7. The van der Waals surface area contributed by atoms with Crippen molar-refractivity contribution in [3.8, 4) is 5.75 Å². The number of piperidine rings is 1. The molecule has 1 heterocycles. The standard InChI is InChI=1S/C25H33N3O4/c1-31-23-11-6-5-10-22(23)27-25(30)21-12-15-28(16-13-21)18-24(29)26-14-7-17-32-19-20-8-3-2-4-9-20/h2-6,8-11,21H,7,12-19H2,1H3,(H,26,29)(H,27,30). The van der Waals surface area contributed by atoms with Crippen molar-refractivity contribution in [1.82, 2.24) is 10.2 Å². The molecule has 2 aromatic carbocycles. The van der Waals surface area contributed by atoms with Gasteiger partial charge in [0.1, 0.15) is 5.75 Å². The van der Waals surface area contributed by atoms with Crippen molar-refractivity contribution in [3.05, 3.63) is 60.2 Å². The summed E-state index contributed by atoms with van der Waals surface area (Å²) in [6.45, 7) is 3.64. The van der Waals surface area contributed by atoms with E-state index in [1.165, 1.54) is 0 Å². The van der Waals surface area contributed by atoms with Gasteiger partial charge in [0, 0.05) is 19.1 Å². The molecule has 1 saturated heterocycles. The van der Waals surface area contributed by atoms with Gasteiger partial charge >= 0.3 is 0 Å². The highest BCUT2D eigenvalue weighted by Gasteiger charge is 2.26. The summed E-state index contributed by atoms with van der Waals surface area (Å²) >= 11 is 0. The quantitative estimate of drug-likeness (QED) is 0.526. The maximum absolute atomic E-state index is 12.6. The van der Waals surface area contributed by atoms with E-state index in [1.807, 2.05) is 54.6 Å². The zero-order valence-corrected chi connectivity index (χ0v) is 18.7. The van der Waals surface area contributed by atoms with Gasteiger partial charge in [-0.25, -0.2) is 0 Å². The molecule has 7 nitrogen and oxygen atoms in total. The zero-order chi connectivity index (χ0) is 22.6. The minimum Gasteiger partial charge on any atom is -0.495 e. The molecule has 0 unspecified atom stereocenters. The van der Waals surface area contributed by atoms with Crippen molar-refractivity contribution in [2.24, 2.45) is 5.92 Å². The fourth-order valence-electron chi connectivity index (χ4n) is 3.76. The van der Waals surface area contributed by atoms with Gasteiger partial charge in [0.25, 0.3) is 0 Å². The molecular formula is C25H33N3O4. The maximum Gasteiger partial charge on any atom is 0.234 e. The molecule has 0 spiro atoms. The van der Waals surface area contributed by atoms with Crippen LogP contribution in [0.1, 0.15) is 24.8 Å². The van der Waals surface area contributed by atoms with E-state index in [1.54, 1.807) is 7.11 Å². The van der Waals surface area contributed by atoms with Crippen molar-refractivity contribution >= 4 is 17.5 Å². The number of carbonyl (C=O) groups excluding carboxylic acids is 2. The SMILES string of the molecule is COc1ccccc1NC(=O)C1CCN(CC(=O)NCCCOCc2ccccc2)CC1. The van der Waals surface area contributed by atoms with Crippen LogP contribution in [-0.2, 0) is 20.9 Å². The Labute approximate surface area is 190 Å². The van der Waals surface area contributed by atoms with Gasteiger partial charge in [-0.15, -0.1) is 0 Å². The van der Waals surface area contributed by atoms with Crippen LogP contribution in [-0.4, -0.2) is 56.6 Å². The average Bonchev–Trinajstić information content (AvgIpc) is 2.82. The molecule has 32 heavy (non-hydrogen) atoms. The fourth-order valence-corrected chi connectivity index (χ4v) is 3.76. The summed E-state index contributed by atoms with van der Waals surface area (Å²) < 4.78 is 10.9. The average molecular weight is 440 g/mol. The van der Waals surface area contributed by atoms with Crippen molar-refractivity contribution < 1.29 is 19.1 Å². The van der Waals surface area contributed by atoms with E-state index >= 15 is 0 Å². The lowest BCUT2D eigenvalue weighted by Crippen LogP contribution is -2.43. The van der Waals surface area contributed by atoms with Crippen LogP contribution < -0.4 is 15.4 Å². The Balaban J connectivity index is 1.27. The Morgan fingerprint density at radius 3 is 2.50 bits per heavy atom. The highest BCUT2D eigenvalue weighted by atomic mass is 16.5. The predicted octanol–water partition coefficient (Wildman–Crippen LogP) is 3.07. The van der Waals surface area contributed by atoms with E-state index in [4.69, 9.17) is 9.47 Å². The van der Waals surface area contributed by atoms with Gasteiger partial charge in [-0.2, -0.15) is 0 Å². The second-order valence-corrected chi connectivity index (χ2v) is 7.98. The number of anilines is 1. The van der Waals surface area contributed by atoms with Crippen molar-refractivity contribution in [2.75, 3.05) is 45.2 Å². The third-order valence-corrected chi connectivity index (χ3v) is 5.59. The topological polar surface area (TPSA) is 79.9 Å². The molecule has 1 fully saturated rings. The molecule has 2 amide bonds. The zero-order valence-electron chi connectivity index (χ0n) is 18.7. The first-order valence-electron chi connectivity index (χ1n) is 11.2. The Kier molecular flexibility index (Phi) is 9.53. The second-order valence-electron chi connectivity index (χ2n) is 7.98. The number of benzene rings is 2. The Bertz CT molecular complexity index is 851. The van der Waals surface area contributed by atoms with Gasteiger partial charge in [0.05, 0.1) is 25.9 Å². The molecule has 2 N–H and O–H groups in total. The molecule has 0 radical (unpaired) electrons. The molecule has 7 heteroatoms. The number of carbonyl (C=O) groups is 2. The van der Waals surface area contributed by atoms with Crippen LogP contribution in [0.2, 0.25) is 0 Å². The number of hydrogen-bond acceptors (Lipinski definition) is 5. The molecule has 172 valence electrons. The van der Waals surface area contributed by atoms with E-state index in [9.17, 15) is 9.59 Å². The number of methoxy groups -OCH3 is 1. The summed E-state index contributed by atoms with van der Waals surface area (Å²) in [6.07, 6.45) is 2.26. The summed E-state index contributed by atoms with van der Waals surface area (Å²) in [5, 5.41) is 5.92. The lowest BCUT2D eigenvalue weighted by atomic mass is 9.95. The van der Waals surface area contributed by atoms with Crippen LogP contribution >= 0.6 is 0 Å². The molecule has 3 rings (SSSR count). The van der Waals surface area contributed by atoms with Crippen LogP contribution in [0.3, 0.4) is 0 Å². The number of likely N-dealkylation sites (tertiary alicyclic amines) is 1. The first kappa shape index (κ1) is 23.8. The van der Waals surface area contributed by atoms with Crippen LogP contribution in [0, 0.1) is 5.92 Å². The normalized spacial score (nSPS) is 14.7. The van der Waals surface area contributed by atoms with Crippen LogP contribution in [0.5, 0.6) is 5.75 Å². The molecule has 0 bridgehead atoms. The highest BCUT2D eigenvalue weighted by molar-refractivity contribution is 5.94. The molecule has 1 aliphatic heterocycles. The van der Waals surface area contributed by atoms with Crippen molar-refractivity contribution in [2.45, 2.75) is 25.9 Å².